The molecule has 0 spiro atoms. The van der Waals surface area contributed by atoms with E-state index in [-0.39, 0.29) is 0 Å². The van der Waals surface area contributed by atoms with Crippen LogP contribution in [-0.4, -0.2) is 13.7 Å². The minimum Gasteiger partial charge on any atom is -0.456 e. The molecule has 0 aliphatic carbocycles. The Labute approximate surface area is 367 Å². The van der Waals surface area contributed by atoms with Gasteiger partial charge in [0, 0.05) is 60.2 Å². The van der Waals surface area contributed by atoms with E-state index in [9.17, 15) is 0 Å². The summed E-state index contributed by atoms with van der Waals surface area (Å²) in [5, 5.41) is 9.65. The summed E-state index contributed by atoms with van der Waals surface area (Å²) in [6.07, 6.45) is 0. The second kappa shape index (κ2) is 13.4. The zero-order valence-electron chi connectivity index (χ0n) is 34.6. The lowest BCUT2D eigenvalue weighted by atomic mass is 10.0. The number of hydrogen-bond donors (Lipinski definition) is 0. The molecule has 10 aromatic carbocycles. The molecule has 14 aromatic rings. The van der Waals surface area contributed by atoms with Gasteiger partial charge in [-0.25, -0.2) is 0 Å². The number of benzene rings is 10. The minimum absolute atomic E-state index is 0.903. The van der Waals surface area contributed by atoms with Gasteiger partial charge in [-0.05, 0) is 101 Å². The molecule has 298 valence electrons. The third-order valence-corrected chi connectivity index (χ3v) is 13.4. The number of hydrogen-bond acceptors (Lipinski definition) is 1. The molecular weight excluding hydrogens is 779 g/mol. The topological polar surface area (TPSA) is 27.9 Å². The highest BCUT2D eigenvalue weighted by Gasteiger charge is 2.25. The molecule has 4 aromatic heterocycles. The molecule has 4 nitrogen and oxygen atoms in total. The monoisotopic (exact) mass is 815 g/mol. The average molecular weight is 816 g/mol. The van der Waals surface area contributed by atoms with Crippen molar-refractivity contribution in [2.45, 2.75) is 0 Å². The van der Waals surface area contributed by atoms with Crippen molar-refractivity contribution in [2.75, 3.05) is 0 Å². The molecule has 0 bridgehead atoms. The van der Waals surface area contributed by atoms with E-state index < -0.39 is 0 Å². The summed E-state index contributed by atoms with van der Waals surface area (Å²) in [7, 11) is 0. The highest BCUT2D eigenvalue weighted by atomic mass is 16.3. The van der Waals surface area contributed by atoms with Crippen LogP contribution in [0.15, 0.2) is 229 Å². The van der Waals surface area contributed by atoms with Crippen LogP contribution >= 0.6 is 0 Å². The molecule has 4 heteroatoms. The van der Waals surface area contributed by atoms with Crippen LogP contribution in [0.1, 0.15) is 0 Å². The highest BCUT2D eigenvalue weighted by molar-refractivity contribution is 6.31. The van der Waals surface area contributed by atoms with Gasteiger partial charge in [-0.3, -0.25) is 0 Å². The Kier molecular flexibility index (Phi) is 7.36. The van der Waals surface area contributed by atoms with E-state index in [1.807, 2.05) is 12.1 Å². The molecule has 0 saturated carbocycles. The summed E-state index contributed by atoms with van der Waals surface area (Å²) in [4.78, 5) is 0. The van der Waals surface area contributed by atoms with Gasteiger partial charge in [0.1, 0.15) is 11.2 Å². The summed E-state index contributed by atoms with van der Waals surface area (Å²) in [6.45, 7) is 0. The van der Waals surface area contributed by atoms with Crippen LogP contribution in [0.3, 0.4) is 0 Å². The fourth-order valence-electron chi connectivity index (χ4n) is 10.7. The van der Waals surface area contributed by atoms with E-state index in [0.717, 1.165) is 50.1 Å². The van der Waals surface area contributed by atoms with Crippen LogP contribution in [0.25, 0.3) is 127 Å². The van der Waals surface area contributed by atoms with Crippen molar-refractivity contribution >= 4 is 87.4 Å². The Balaban J connectivity index is 1.06. The van der Waals surface area contributed by atoms with Gasteiger partial charge >= 0.3 is 0 Å². The van der Waals surface area contributed by atoms with Crippen molar-refractivity contribution in [1.82, 2.24) is 13.7 Å². The molecule has 4 heterocycles. The first-order chi connectivity index (χ1) is 31.8. The lowest BCUT2D eigenvalue weighted by molar-refractivity contribution is 0.669. The molecule has 0 amide bonds. The van der Waals surface area contributed by atoms with Crippen LogP contribution in [0, 0.1) is 0 Å². The average Bonchev–Trinajstić information content (AvgIpc) is 4.10. The van der Waals surface area contributed by atoms with Crippen LogP contribution in [-0.2, 0) is 0 Å². The minimum atomic E-state index is 0.903. The van der Waals surface area contributed by atoms with Crippen LogP contribution in [0.4, 0.5) is 0 Å². The van der Waals surface area contributed by atoms with Crippen molar-refractivity contribution in [1.29, 1.82) is 0 Å². The Morgan fingerprint density at radius 1 is 0.250 bits per heavy atom. The van der Waals surface area contributed by atoms with Crippen LogP contribution in [0.5, 0.6) is 0 Å². The predicted molar refractivity (Wildman–Crippen MR) is 268 cm³/mol. The van der Waals surface area contributed by atoms with E-state index in [1.54, 1.807) is 0 Å². The molecular formula is C60H37N3O. The molecule has 0 radical (unpaired) electrons. The molecule has 0 atom stereocenters. The number of furan rings is 1. The van der Waals surface area contributed by atoms with E-state index >= 15 is 0 Å². The first-order valence-electron chi connectivity index (χ1n) is 21.9. The van der Waals surface area contributed by atoms with E-state index in [0.29, 0.717) is 0 Å². The summed E-state index contributed by atoms with van der Waals surface area (Å²) in [5.74, 6) is 0. The van der Waals surface area contributed by atoms with Crippen LogP contribution in [0.2, 0.25) is 0 Å². The van der Waals surface area contributed by atoms with Crippen molar-refractivity contribution in [3.63, 3.8) is 0 Å². The lowest BCUT2D eigenvalue weighted by Crippen LogP contribution is -1.96. The molecule has 0 N–H and O–H groups in total. The van der Waals surface area contributed by atoms with Gasteiger partial charge in [0.15, 0.2) is 0 Å². The molecule has 0 saturated heterocycles. The van der Waals surface area contributed by atoms with E-state index in [4.69, 9.17) is 4.42 Å². The largest absolute Gasteiger partial charge is 0.456 e. The molecule has 0 aliphatic heterocycles. The van der Waals surface area contributed by atoms with Gasteiger partial charge in [0.25, 0.3) is 0 Å². The standard InChI is InChI=1S/C60H37N3O/c1-3-15-38(16-4-1)39-17-13-21-43(35-39)61-51-26-10-7-24-48(51)57-53(61)32-30-46-47-31-33-54-58(60(47)63(59(46)57)42-19-5-2-6-20-42)49-25-8-11-27-52(49)62(54)44-22-14-18-40(36-44)41-29-34-56-50(37-41)45-23-9-12-28-55(45)64-56/h1-37H. The van der Waals surface area contributed by atoms with Gasteiger partial charge in [-0.1, -0.05) is 146 Å². The third kappa shape index (κ3) is 4.99. The Bertz CT molecular complexity index is 4180. The van der Waals surface area contributed by atoms with Crippen LogP contribution < -0.4 is 0 Å². The van der Waals surface area contributed by atoms with Gasteiger partial charge in [0.05, 0.1) is 33.1 Å². The maximum absolute atomic E-state index is 6.20. The second-order valence-electron chi connectivity index (χ2n) is 16.9. The summed E-state index contributed by atoms with van der Waals surface area (Å²) in [6, 6.07) is 81.5. The Hall–Kier alpha value is -8.60. The third-order valence-electron chi connectivity index (χ3n) is 13.4. The fourth-order valence-corrected chi connectivity index (χ4v) is 10.7. The molecule has 0 unspecified atom stereocenters. The number of fused-ring (bicyclic) bond motifs is 14. The van der Waals surface area contributed by atoms with E-state index in [1.165, 1.54) is 76.5 Å². The first-order valence-corrected chi connectivity index (χ1v) is 21.9. The summed E-state index contributed by atoms with van der Waals surface area (Å²) in [5.41, 5.74) is 17.0. The maximum atomic E-state index is 6.20. The SMILES string of the molecule is c1ccc(-c2cccc(-n3c4ccccc4c4c3ccc3c5ccc6c(c7ccccc7n6-c6cccc(-c7ccc8oc9ccccc9c8c7)c6)c5n(-c5ccccc5)c34)c2)cc1. The number of aromatic nitrogens is 3. The number of para-hydroxylation sites is 4. The first kappa shape index (κ1) is 35.0. The maximum Gasteiger partial charge on any atom is 0.135 e. The normalized spacial score (nSPS) is 12.1. The van der Waals surface area contributed by atoms with Gasteiger partial charge < -0.3 is 18.1 Å². The smallest absolute Gasteiger partial charge is 0.135 e. The molecule has 64 heavy (non-hydrogen) atoms. The van der Waals surface area contributed by atoms with E-state index in [2.05, 4.69) is 226 Å². The zero-order chi connectivity index (χ0) is 41.9. The Morgan fingerprint density at radius 2 is 0.719 bits per heavy atom. The molecule has 0 aliphatic rings. The fraction of sp³-hybridized carbons (Fsp3) is 0. The lowest BCUT2D eigenvalue weighted by Gasteiger charge is -2.12. The predicted octanol–water partition coefficient (Wildman–Crippen LogP) is 16.2. The number of nitrogens with zero attached hydrogens (tertiary/aromatic N) is 3. The van der Waals surface area contributed by atoms with Gasteiger partial charge in [0.2, 0.25) is 0 Å². The van der Waals surface area contributed by atoms with Gasteiger partial charge in [-0.2, -0.15) is 0 Å². The van der Waals surface area contributed by atoms with Crippen molar-refractivity contribution < 1.29 is 4.42 Å². The summed E-state index contributed by atoms with van der Waals surface area (Å²) < 4.78 is 13.6. The van der Waals surface area contributed by atoms with Gasteiger partial charge in [-0.15, -0.1) is 0 Å². The molecule has 14 rings (SSSR count). The zero-order valence-corrected chi connectivity index (χ0v) is 34.6. The second-order valence-corrected chi connectivity index (χ2v) is 16.9. The number of rotatable bonds is 5. The van der Waals surface area contributed by atoms with Crippen molar-refractivity contribution in [3.8, 4) is 39.3 Å². The quantitative estimate of drug-likeness (QED) is 0.170. The van der Waals surface area contributed by atoms with Crippen molar-refractivity contribution in [3.05, 3.63) is 224 Å². The molecule has 0 fully saturated rings. The highest BCUT2D eigenvalue weighted by Crippen LogP contribution is 2.46. The van der Waals surface area contributed by atoms with Crippen molar-refractivity contribution in [2.24, 2.45) is 0 Å². The summed E-state index contributed by atoms with van der Waals surface area (Å²) >= 11 is 0. The Morgan fingerprint density at radius 3 is 1.34 bits per heavy atom.